The molecule has 0 spiro atoms. The molecule has 0 saturated heterocycles. The summed E-state index contributed by atoms with van der Waals surface area (Å²) in [5.41, 5.74) is 5.42. The average molecular weight is 359 g/mol. The third-order valence-electron chi connectivity index (χ3n) is 4.32. The van der Waals surface area contributed by atoms with Crippen LogP contribution in [0.25, 0.3) is 16.9 Å². The second-order valence-electron chi connectivity index (χ2n) is 6.57. The van der Waals surface area contributed by atoms with Crippen LogP contribution in [0.2, 0.25) is 0 Å². The van der Waals surface area contributed by atoms with E-state index in [2.05, 4.69) is 50.0 Å². The van der Waals surface area contributed by atoms with E-state index in [-0.39, 0.29) is 0 Å². The van der Waals surface area contributed by atoms with Crippen LogP contribution in [0, 0.1) is 13.8 Å². The third kappa shape index (κ3) is 3.72. The van der Waals surface area contributed by atoms with Gasteiger partial charge in [-0.05, 0) is 49.2 Å². The molecular formula is C20H21N7. The van der Waals surface area contributed by atoms with Gasteiger partial charge in [-0.3, -0.25) is 4.68 Å². The Kier molecular flexibility index (Phi) is 4.42. The van der Waals surface area contributed by atoms with Gasteiger partial charge in [0.05, 0.1) is 11.9 Å². The Morgan fingerprint density at radius 2 is 1.89 bits per heavy atom. The maximum absolute atomic E-state index is 4.43. The van der Waals surface area contributed by atoms with E-state index in [1.165, 1.54) is 5.56 Å². The van der Waals surface area contributed by atoms with Gasteiger partial charge in [0.25, 0.3) is 0 Å². The van der Waals surface area contributed by atoms with Gasteiger partial charge in [0, 0.05) is 31.0 Å². The molecule has 1 N–H and O–H groups in total. The van der Waals surface area contributed by atoms with Gasteiger partial charge in [-0.15, -0.1) is 10.2 Å². The fourth-order valence-electron chi connectivity index (χ4n) is 3.02. The van der Waals surface area contributed by atoms with Gasteiger partial charge in [0.15, 0.2) is 5.82 Å². The number of benzene rings is 1. The molecule has 136 valence electrons. The van der Waals surface area contributed by atoms with E-state index in [9.17, 15) is 0 Å². The maximum atomic E-state index is 4.43. The van der Waals surface area contributed by atoms with Gasteiger partial charge < -0.3 is 5.32 Å². The minimum Gasteiger partial charge on any atom is -0.365 e. The number of hydrogen-bond acceptors (Lipinski definition) is 5. The van der Waals surface area contributed by atoms with Crippen molar-refractivity contribution in [2.75, 3.05) is 5.32 Å². The molecule has 0 aliphatic carbocycles. The first-order chi connectivity index (χ1) is 13.1. The number of nitrogens with zero attached hydrogens (tertiary/aromatic N) is 6. The number of nitrogens with one attached hydrogen (secondary N) is 1. The van der Waals surface area contributed by atoms with Crippen LogP contribution in [0.15, 0.2) is 54.9 Å². The lowest BCUT2D eigenvalue weighted by molar-refractivity contribution is 0.768. The van der Waals surface area contributed by atoms with Gasteiger partial charge in [0.1, 0.15) is 5.82 Å². The summed E-state index contributed by atoms with van der Waals surface area (Å²) in [4.78, 5) is 0. The molecule has 0 aliphatic rings. The van der Waals surface area contributed by atoms with Crippen LogP contribution in [-0.4, -0.2) is 29.8 Å². The Hall–Kier alpha value is -3.48. The van der Waals surface area contributed by atoms with Gasteiger partial charge in [-0.25, -0.2) is 4.68 Å². The zero-order chi connectivity index (χ0) is 18.8. The third-order valence-corrected chi connectivity index (χ3v) is 4.32. The van der Waals surface area contributed by atoms with Gasteiger partial charge >= 0.3 is 0 Å². The molecule has 0 fully saturated rings. The van der Waals surface area contributed by atoms with Crippen LogP contribution in [0.4, 0.5) is 5.82 Å². The molecule has 0 unspecified atom stereocenters. The second kappa shape index (κ2) is 7.03. The van der Waals surface area contributed by atoms with Crippen molar-refractivity contribution < 1.29 is 0 Å². The molecule has 27 heavy (non-hydrogen) atoms. The zero-order valence-electron chi connectivity index (χ0n) is 15.6. The molecular weight excluding hydrogens is 338 g/mol. The predicted molar refractivity (Wildman–Crippen MR) is 105 cm³/mol. The highest BCUT2D eigenvalue weighted by Crippen LogP contribution is 2.20. The number of aryl methyl sites for hydroxylation is 3. The van der Waals surface area contributed by atoms with E-state index in [4.69, 9.17) is 0 Å². The number of aromatic nitrogens is 6. The molecule has 7 heteroatoms. The molecule has 3 heterocycles. The topological polar surface area (TPSA) is 73.5 Å². The standard InChI is InChI=1S/C20H21N7/c1-14-9-15(2)27(25-14)20-8-7-19(23-24-20)21-11-16-5-4-6-17(10-16)18-12-22-26(3)13-18/h4-10,12-13H,11H2,1-3H3,(H,21,23). The fraction of sp³-hybridized carbons (Fsp3) is 0.200. The minimum atomic E-state index is 0.669. The van der Waals surface area contributed by atoms with E-state index >= 15 is 0 Å². The lowest BCUT2D eigenvalue weighted by Crippen LogP contribution is -2.06. The summed E-state index contributed by atoms with van der Waals surface area (Å²) in [5, 5.41) is 20.5. The minimum absolute atomic E-state index is 0.669. The number of hydrogen-bond donors (Lipinski definition) is 1. The Morgan fingerprint density at radius 1 is 1.00 bits per heavy atom. The predicted octanol–water partition coefficient (Wildman–Crippen LogP) is 3.29. The van der Waals surface area contributed by atoms with E-state index in [0.717, 1.165) is 28.3 Å². The second-order valence-corrected chi connectivity index (χ2v) is 6.57. The summed E-state index contributed by atoms with van der Waals surface area (Å²) in [6.45, 7) is 4.64. The first-order valence-electron chi connectivity index (χ1n) is 8.78. The highest BCUT2D eigenvalue weighted by atomic mass is 15.4. The largest absolute Gasteiger partial charge is 0.365 e. The maximum Gasteiger partial charge on any atom is 0.176 e. The van der Waals surface area contributed by atoms with Crippen molar-refractivity contribution in [3.63, 3.8) is 0 Å². The quantitative estimate of drug-likeness (QED) is 0.592. The summed E-state index contributed by atoms with van der Waals surface area (Å²) in [6, 6.07) is 14.2. The van der Waals surface area contributed by atoms with Crippen molar-refractivity contribution in [3.05, 3.63) is 71.8 Å². The Bertz CT molecular complexity index is 1060. The normalized spacial score (nSPS) is 10.9. The lowest BCUT2D eigenvalue weighted by atomic mass is 10.1. The van der Waals surface area contributed by atoms with Gasteiger partial charge in [-0.2, -0.15) is 10.2 Å². The molecule has 1 aromatic carbocycles. The average Bonchev–Trinajstić information content (AvgIpc) is 3.25. The Labute approximate surface area is 157 Å². The SMILES string of the molecule is Cc1cc(C)n(-c2ccc(NCc3cccc(-c4cnn(C)c4)c3)nn2)n1. The van der Waals surface area contributed by atoms with Crippen LogP contribution in [-0.2, 0) is 13.6 Å². The summed E-state index contributed by atoms with van der Waals surface area (Å²) in [6.07, 6.45) is 3.88. The van der Waals surface area contributed by atoms with Crippen molar-refractivity contribution >= 4 is 5.82 Å². The van der Waals surface area contributed by atoms with E-state index in [1.54, 1.807) is 9.36 Å². The van der Waals surface area contributed by atoms with Crippen molar-refractivity contribution in [2.24, 2.45) is 7.05 Å². The molecule has 0 atom stereocenters. The number of rotatable bonds is 5. The zero-order valence-corrected chi connectivity index (χ0v) is 15.6. The molecule has 3 aromatic heterocycles. The van der Waals surface area contributed by atoms with Crippen LogP contribution >= 0.6 is 0 Å². The molecule has 0 radical (unpaired) electrons. The van der Waals surface area contributed by atoms with Crippen LogP contribution in [0.5, 0.6) is 0 Å². The fourth-order valence-corrected chi connectivity index (χ4v) is 3.02. The summed E-state index contributed by atoms with van der Waals surface area (Å²) < 4.78 is 3.60. The monoisotopic (exact) mass is 359 g/mol. The van der Waals surface area contributed by atoms with E-state index in [0.29, 0.717) is 12.4 Å². The van der Waals surface area contributed by atoms with Gasteiger partial charge in [0.2, 0.25) is 0 Å². The first-order valence-corrected chi connectivity index (χ1v) is 8.78. The first kappa shape index (κ1) is 17.0. The molecule has 7 nitrogen and oxygen atoms in total. The van der Waals surface area contributed by atoms with Gasteiger partial charge in [-0.1, -0.05) is 18.2 Å². The van der Waals surface area contributed by atoms with Crippen LogP contribution < -0.4 is 5.32 Å². The summed E-state index contributed by atoms with van der Waals surface area (Å²) in [7, 11) is 1.92. The van der Waals surface area contributed by atoms with Crippen molar-refractivity contribution in [1.82, 2.24) is 29.8 Å². The highest BCUT2D eigenvalue weighted by Gasteiger charge is 2.06. The molecule has 0 saturated carbocycles. The lowest BCUT2D eigenvalue weighted by Gasteiger charge is -2.08. The van der Waals surface area contributed by atoms with Crippen LogP contribution in [0.1, 0.15) is 17.0 Å². The van der Waals surface area contributed by atoms with E-state index < -0.39 is 0 Å². The molecule has 0 aliphatic heterocycles. The summed E-state index contributed by atoms with van der Waals surface area (Å²) >= 11 is 0. The molecule has 4 aromatic rings. The highest BCUT2D eigenvalue weighted by molar-refractivity contribution is 5.62. The molecule has 4 rings (SSSR count). The Morgan fingerprint density at radius 3 is 2.56 bits per heavy atom. The molecule has 0 amide bonds. The molecule has 0 bridgehead atoms. The summed E-state index contributed by atoms with van der Waals surface area (Å²) in [5.74, 6) is 1.44. The van der Waals surface area contributed by atoms with Crippen molar-refractivity contribution in [3.8, 4) is 16.9 Å². The number of anilines is 1. The van der Waals surface area contributed by atoms with Crippen molar-refractivity contribution in [2.45, 2.75) is 20.4 Å². The smallest absolute Gasteiger partial charge is 0.176 e. The van der Waals surface area contributed by atoms with Crippen molar-refractivity contribution in [1.29, 1.82) is 0 Å². The van der Waals surface area contributed by atoms with Crippen LogP contribution in [0.3, 0.4) is 0 Å². The van der Waals surface area contributed by atoms with E-state index in [1.807, 2.05) is 51.5 Å². The Balaban J connectivity index is 1.45.